The third kappa shape index (κ3) is 4.70. The van der Waals surface area contributed by atoms with Gasteiger partial charge in [-0.3, -0.25) is 0 Å². The Morgan fingerprint density at radius 2 is 2.13 bits per heavy atom. The molecule has 0 bridgehead atoms. The number of hydrogen-bond acceptors (Lipinski definition) is 3. The fourth-order valence-electron chi connectivity index (χ4n) is 1.58. The Labute approximate surface area is 103 Å². The molecule has 4 heteroatoms. The summed E-state index contributed by atoms with van der Waals surface area (Å²) in [6, 6.07) is 0. The third-order valence-electron chi connectivity index (χ3n) is 3.03. The molecular formula is C11H22N2S2. The molecule has 2 N–H and O–H groups in total. The van der Waals surface area contributed by atoms with E-state index in [4.69, 9.17) is 18.0 Å². The Kier molecular flexibility index (Phi) is 5.36. The maximum absolute atomic E-state index is 5.73. The van der Waals surface area contributed by atoms with Gasteiger partial charge in [-0.25, -0.2) is 0 Å². The van der Waals surface area contributed by atoms with E-state index in [1.54, 1.807) is 0 Å². The topological polar surface area (TPSA) is 29.3 Å². The molecule has 0 amide bonds. The summed E-state index contributed by atoms with van der Waals surface area (Å²) in [6.45, 7) is 7.87. The molecule has 0 atom stereocenters. The van der Waals surface area contributed by atoms with Gasteiger partial charge in [0.25, 0.3) is 0 Å². The highest BCUT2D eigenvalue weighted by Crippen LogP contribution is 2.21. The summed E-state index contributed by atoms with van der Waals surface area (Å²) in [4.78, 5) is 3.19. The Balaban J connectivity index is 2.31. The SMILES string of the molecule is CC(C)(CCN1CCCSCC1)C(N)=S. The molecule has 2 nitrogen and oxygen atoms in total. The van der Waals surface area contributed by atoms with E-state index in [1.807, 2.05) is 0 Å². The van der Waals surface area contributed by atoms with Gasteiger partial charge in [0.15, 0.2) is 0 Å². The number of rotatable bonds is 4. The Bertz CT molecular complexity index is 209. The molecule has 1 fully saturated rings. The van der Waals surface area contributed by atoms with Crippen LogP contribution in [0.25, 0.3) is 0 Å². The first-order valence-electron chi connectivity index (χ1n) is 5.62. The molecule has 1 saturated heterocycles. The number of nitrogens with zero attached hydrogens (tertiary/aromatic N) is 1. The van der Waals surface area contributed by atoms with Crippen molar-refractivity contribution in [1.82, 2.24) is 4.90 Å². The van der Waals surface area contributed by atoms with Crippen molar-refractivity contribution in [3.8, 4) is 0 Å². The Hall–Kier alpha value is 0.200. The molecule has 1 aliphatic rings. The molecule has 0 aromatic carbocycles. The fourth-order valence-corrected chi connectivity index (χ4v) is 2.61. The van der Waals surface area contributed by atoms with Crippen molar-refractivity contribution < 1.29 is 0 Å². The van der Waals surface area contributed by atoms with Gasteiger partial charge in [0, 0.05) is 17.7 Å². The smallest absolute Gasteiger partial charge is 0.0784 e. The highest BCUT2D eigenvalue weighted by molar-refractivity contribution is 7.99. The van der Waals surface area contributed by atoms with Crippen LogP contribution in [0.5, 0.6) is 0 Å². The van der Waals surface area contributed by atoms with Gasteiger partial charge in [-0.05, 0) is 31.7 Å². The molecule has 0 aromatic heterocycles. The largest absolute Gasteiger partial charge is 0.393 e. The van der Waals surface area contributed by atoms with Crippen LogP contribution in [0.15, 0.2) is 0 Å². The average Bonchev–Trinajstić information content (AvgIpc) is 2.42. The standard InChI is InChI=1S/C11H22N2S2/c1-11(2,10(12)14)4-6-13-5-3-8-15-9-7-13/h3-9H2,1-2H3,(H2,12,14). The highest BCUT2D eigenvalue weighted by Gasteiger charge is 2.22. The van der Waals surface area contributed by atoms with E-state index in [2.05, 4.69) is 30.5 Å². The first-order chi connectivity index (χ1) is 7.02. The summed E-state index contributed by atoms with van der Waals surface area (Å²) in [5.41, 5.74) is 5.73. The molecule has 1 aliphatic heterocycles. The quantitative estimate of drug-likeness (QED) is 0.770. The van der Waals surface area contributed by atoms with Crippen LogP contribution in [0, 0.1) is 5.41 Å². The molecule has 15 heavy (non-hydrogen) atoms. The van der Waals surface area contributed by atoms with Crippen molar-refractivity contribution in [3.05, 3.63) is 0 Å². The van der Waals surface area contributed by atoms with E-state index in [0.29, 0.717) is 4.99 Å². The summed E-state index contributed by atoms with van der Waals surface area (Å²) in [7, 11) is 0. The second-order valence-electron chi connectivity index (χ2n) is 4.81. The molecule has 0 unspecified atom stereocenters. The van der Waals surface area contributed by atoms with Crippen molar-refractivity contribution in [2.24, 2.45) is 11.1 Å². The number of thioether (sulfide) groups is 1. The van der Waals surface area contributed by atoms with Crippen molar-refractivity contribution in [1.29, 1.82) is 0 Å². The van der Waals surface area contributed by atoms with Crippen LogP contribution in [0.1, 0.15) is 26.7 Å². The molecule has 0 aliphatic carbocycles. The summed E-state index contributed by atoms with van der Waals surface area (Å²) >= 11 is 7.15. The Morgan fingerprint density at radius 1 is 1.40 bits per heavy atom. The first kappa shape index (κ1) is 13.3. The van der Waals surface area contributed by atoms with E-state index in [9.17, 15) is 0 Å². The predicted molar refractivity (Wildman–Crippen MR) is 73.6 cm³/mol. The van der Waals surface area contributed by atoms with Crippen molar-refractivity contribution >= 4 is 29.0 Å². The lowest BCUT2D eigenvalue weighted by Gasteiger charge is -2.27. The van der Waals surface area contributed by atoms with Crippen LogP contribution < -0.4 is 5.73 Å². The molecule has 1 rings (SSSR count). The van der Waals surface area contributed by atoms with E-state index < -0.39 is 0 Å². The molecule has 88 valence electrons. The van der Waals surface area contributed by atoms with Gasteiger partial charge in [0.1, 0.15) is 0 Å². The van der Waals surface area contributed by atoms with E-state index >= 15 is 0 Å². The van der Waals surface area contributed by atoms with Gasteiger partial charge in [0.05, 0.1) is 4.99 Å². The third-order valence-corrected chi connectivity index (χ3v) is 4.64. The van der Waals surface area contributed by atoms with Gasteiger partial charge < -0.3 is 10.6 Å². The molecular weight excluding hydrogens is 224 g/mol. The van der Waals surface area contributed by atoms with Crippen LogP contribution in [-0.2, 0) is 0 Å². The minimum atomic E-state index is 0.00871. The average molecular weight is 246 g/mol. The minimum Gasteiger partial charge on any atom is -0.393 e. The summed E-state index contributed by atoms with van der Waals surface area (Å²) in [6.07, 6.45) is 2.39. The summed E-state index contributed by atoms with van der Waals surface area (Å²) in [5, 5.41) is 0. The van der Waals surface area contributed by atoms with Gasteiger partial charge in [-0.2, -0.15) is 11.8 Å². The monoisotopic (exact) mass is 246 g/mol. The van der Waals surface area contributed by atoms with Crippen LogP contribution in [0.2, 0.25) is 0 Å². The second-order valence-corrected chi connectivity index (χ2v) is 6.47. The van der Waals surface area contributed by atoms with Gasteiger partial charge in [-0.15, -0.1) is 0 Å². The van der Waals surface area contributed by atoms with Gasteiger partial charge in [0.2, 0.25) is 0 Å². The second kappa shape index (κ2) is 6.06. The zero-order valence-electron chi connectivity index (χ0n) is 9.79. The van der Waals surface area contributed by atoms with Crippen molar-refractivity contribution in [3.63, 3.8) is 0 Å². The lowest BCUT2D eigenvalue weighted by molar-refractivity contribution is 0.263. The number of thiocarbonyl (C=S) groups is 1. The lowest BCUT2D eigenvalue weighted by atomic mass is 9.89. The fraction of sp³-hybridized carbons (Fsp3) is 0.909. The molecule has 0 aromatic rings. The molecule has 0 spiro atoms. The van der Waals surface area contributed by atoms with Crippen LogP contribution in [0.3, 0.4) is 0 Å². The minimum absolute atomic E-state index is 0.00871. The van der Waals surface area contributed by atoms with E-state index in [-0.39, 0.29) is 5.41 Å². The Morgan fingerprint density at radius 3 is 2.80 bits per heavy atom. The summed E-state index contributed by atoms with van der Waals surface area (Å²) in [5.74, 6) is 2.59. The molecule has 0 saturated carbocycles. The maximum atomic E-state index is 5.73. The zero-order valence-corrected chi connectivity index (χ0v) is 11.4. The highest BCUT2D eigenvalue weighted by atomic mass is 32.2. The van der Waals surface area contributed by atoms with Crippen LogP contribution >= 0.6 is 24.0 Å². The lowest BCUT2D eigenvalue weighted by Crippen LogP contribution is -2.35. The normalized spacial score (nSPS) is 19.9. The molecule has 1 heterocycles. The van der Waals surface area contributed by atoms with Crippen LogP contribution in [0.4, 0.5) is 0 Å². The number of hydrogen-bond donors (Lipinski definition) is 1. The van der Waals surface area contributed by atoms with Crippen molar-refractivity contribution in [2.45, 2.75) is 26.7 Å². The maximum Gasteiger partial charge on any atom is 0.0784 e. The van der Waals surface area contributed by atoms with Gasteiger partial charge >= 0.3 is 0 Å². The number of nitrogens with two attached hydrogens (primary N) is 1. The van der Waals surface area contributed by atoms with E-state index in [1.165, 1.54) is 31.0 Å². The molecule has 0 radical (unpaired) electrons. The first-order valence-corrected chi connectivity index (χ1v) is 7.19. The predicted octanol–water partition coefficient (Wildman–Crippen LogP) is 2.13. The zero-order chi connectivity index (χ0) is 11.3. The van der Waals surface area contributed by atoms with E-state index in [0.717, 1.165) is 13.0 Å². The van der Waals surface area contributed by atoms with Crippen molar-refractivity contribution in [2.75, 3.05) is 31.1 Å². The van der Waals surface area contributed by atoms with Gasteiger partial charge in [-0.1, -0.05) is 26.1 Å². The van der Waals surface area contributed by atoms with Crippen LogP contribution in [-0.4, -0.2) is 41.0 Å². The summed E-state index contributed by atoms with van der Waals surface area (Å²) < 4.78 is 0.